The fourth-order valence-corrected chi connectivity index (χ4v) is 6.14. The van der Waals surface area contributed by atoms with Gasteiger partial charge in [-0.2, -0.15) is 4.31 Å². The van der Waals surface area contributed by atoms with E-state index in [2.05, 4.69) is 9.80 Å². The normalized spacial score (nSPS) is 29.3. The quantitative estimate of drug-likeness (QED) is 0.762. The van der Waals surface area contributed by atoms with Crippen LogP contribution in [-0.4, -0.2) is 98.8 Å². The summed E-state index contributed by atoms with van der Waals surface area (Å²) in [6, 6.07) is 8.40. The van der Waals surface area contributed by atoms with E-state index in [9.17, 15) is 13.5 Å². The largest absolute Gasteiger partial charge is 0.390 e. The second kappa shape index (κ2) is 8.77. The number of β-amino-alcohol motifs (C(OH)–C–C–N with tert-alkyl or cyclic N) is 1. The highest BCUT2D eigenvalue weighted by Crippen LogP contribution is 2.27. The van der Waals surface area contributed by atoms with Gasteiger partial charge in [0.2, 0.25) is 10.0 Å². The molecule has 0 aromatic heterocycles. The standard InChI is InChI=1S/C20H31N3O4S/c24-20-16-23(28(25,26)18-4-2-1-3-5-18)15-19(20)22-8-6-17(7-9-22)14-21-10-12-27-13-11-21/h1-5,17,19-20,24H,6-16H2/t19-,20-/m1/s1. The minimum Gasteiger partial charge on any atom is -0.390 e. The lowest BCUT2D eigenvalue weighted by Crippen LogP contribution is -2.49. The summed E-state index contributed by atoms with van der Waals surface area (Å²) in [5.74, 6) is 0.678. The smallest absolute Gasteiger partial charge is 0.243 e. The number of hydrogen-bond acceptors (Lipinski definition) is 6. The predicted molar refractivity (Wildman–Crippen MR) is 107 cm³/mol. The molecule has 1 aromatic rings. The lowest BCUT2D eigenvalue weighted by molar-refractivity contribution is 0.0166. The number of nitrogens with zero attached hydrogens (tertiary/aromatic N) is 3. The average molecular weight is 410 g/mol. The third-order valence-corrected chi connectivity index (χ3v) is 8.19. The summed E-state index contributed by atoms with van der Waals surface area (Å²) in [5, 5.41) is 10.6. The molecule has 3 fully saturated rings. The molecule has 0 spiro atoms. The Bertz CT molecular complexity index is 731. The molecule has 1 N–H and O–H groups in total. The first-order valence-electron chi connectivity index (χ1n) is 10.3. The van der Waals surface area contributed by atoms with Gasteiger partial charge < -0.3 is 9.84 Å². The number of rotatable bonds is 5. The maximum absolute atomic E-state index is 12.9. The van der Waals surface area contributed by atoms with E-state index in [0.717, 1.165) is 58.8 Å². The van der Waals surface area contributed by atoms with Gasteiger partial charge in [0.05, 0.1) is 30.3 Å². The molecule has 3 heterocycles. The number of likely N-dealkylation sites (tertiary alicyclic amines) is 1. The average Bonchev–Trinajstić information content (AvgIpc) is 3.12. The van der Waals surface area contributed by atoms with Crippen molar-refractivity contribution in [2.24, 2.45) is 5.92 Å². The lowest BCUT2D eigenvalue weighted by Gasteiger charge is -2.39. The van der Waals surface area contributed by atoms with E-state index in [1.165, 1.54) is 4.31 Å². The van der Waals surface area contributed by atoms with Crippen LogP contribution in [-0.2, 0) is 14.8 Å². The number of ether oxygens (including phenoxy) is 1. The topological polar surface area (TPSA) is 73.3 Å². The molecule has 3 aliphatic rings. The number of hydrogen-bond donors (Lipinski definition) is 1. The summed E-state index contributed by atoms with van der Waals surface area (Å²) >= 11 is 0. The molecule has 0 aliphatic carbocycles. The molecule has 0 saturated carbocycles. The second-order valence-corrected chi connectivity index (χ2v) is 10.1. The fraction of sp³-hybridized carbons (Fsp3) is 0.700. The van der Waals surface area contributed by atoms with Crippen LogP contribution in [0.5, 0.6) is 0 Å². The lowest BCUT2D eigenvalue weighted by atomic mass is 9.94. The summed E-state index contributed by atoms with van der Waals surface area (Å²) in [7, 11) is -3.54. The number of sulfonamides is 1. The van der Waals surface area contributed by atoms with Crippen LogP contribution in [0.1, 0.15) is 12.8 Å². The molecule has 0 radical (unpaired) electrons. The Hall–Kier alpha value is -1.03. The Kier molecular flexibility index (Phi) is 6.34. The van der Waals surface area contributed by atoms with Gasteiger partial charge >= 0.3 is 0 Å². The molecule has 7 nitrogen and oxygen atoms in total. The first kappa shape index (κ1) is 20.3. The summed E-state index contributed by atoms with van der Waals surface area (Å²) in [5.41, 5.74) is 0. The first-order chi connectivity index (χ1) is 13.5. The van der Waals surface area contributed by atoms with Crippen molar-refractivity contribution in [2.75, 3.05) is 59.0 Å². The van der Waals surface area contributed by atoms with E-state index in [4.69, 9.17) is 4.74 Å². The van der Waals surface area contributed by atoms with Crippen LogP contribution in [0.2, 0.25) is 0 Å². The van der Waals surface area contributed by atoms with Gasteiger partial charge in [-0.1, -0.05) is 18.2 Å². The number of aliphatic hydroxyl groups is 1. The fourth-order valence-electron chi connectivity index (χ4n) is 4.65. The van der Waals surface area contributed by atoms with Crippen LogP contribution in [0, 0.1) is 5.92 Å². The van der Waals surface area contributed by atoms with Crippen LogP contribution in [0.25, 0.3) is 0 Å². The van der Waals surface area contributed by atoms with Gasteiger partial charge in [0.1, 0.15) is 0 Å². The molecule has 4 rings (SSSR count). The van der Waals surface area contributed by atoms with Gasteiger partial charge in [-0.3, -0.25) is 9.80 Å². The Morgan fingerprint density at radius 3 is 2.36 bits per heavy atom. The van der Waals surface area contributed by atoms with Crippen LogP contribution in [0.15, 0.2) is 35.2 Å². The number of benzene rings is 1. The highest BCUT2D eigenvalue weighted by atomic mass is 32.2. The van der Waals surface area contributed by atoms with Crippen molar-refractivity contribution in [1.29, 1.82) is 0 Å². The zero-order valence-electron chi connectivity index (χ0n) is 16.3. The number of aliphatic hydroxyl groups excluding tert-OH is 1. The van der Waals surface area contributed by atoms with Crippen molar-refractivity contribution in [1.82, 2.24) is 14.1 Å². The highest BCUT2D eigenvalue weighted by Gasteiger charge is 2.42. The van der Waals surface area contributed by atoms with Crippen molar-refractivity contribution >= 4 is 10.0 Å². The monoisotopic (exact) mass is 409 g/mol. The highest BCUT2D eigenvalue weighted by molar-refractivity contribution is 7.89. The third-order valence-electron chi connectivity index (χ3n) is 6.34. The van der Waals surface area contributed by atoms with Gasteiger partial charge in [-0.15, -0.1) is 0 Å². The second-order valence-electron chi connectivity index (χ2n) is 8.16. The molecule has 0 unspecified atom stereocenters. The Morgan fingerprint density at radius 1 is 1.00 bits per heavy atom. The van der Waals surface area contributed by atoms with Crippen molar-refractivity contribution < 1.29 is 18.3 Å². The summed E-state index contributed by atoms with van der Waals surface area (Å²) in [6.07, 6.45) is 1.58. The van der Waals surface area contributed by atoms with Gasteiger partial charge in [0, 0.05) is 32.7 Å². The van der Waals surface area contributed by atoms with E-state index in [-0.39, 0.29) is 12.6 Å². The molecule has 28 heavy (non-hydrogen) atoms. The van der Waals surface area contributed by atoms with E-state index in [1.54, 1.807) is 24.3 Å². The van der Waals surface area contributed by atoms with Crippen LogP contribution in [0.4, 0.5) is 0 Å². The Balaban J connectivity index is 1.32. The molecule has 156 valence electrons. The zero-order valence-corrected chi connectivity index (χ0v) is 17.1. The van der Waals surface area contributed by atoms with Crippen LogP contribution >= 0.6 is 0 Å². The molecular weight excluding hydrogens is 378 g/mol. The van der Waals surface area contributed by atoms with E-state index < -0.39 is 16.1 Å². The molecular formula is C20H31N3O4S. The van der Waals surface area contributed by atoms with E-state index in [0.29, 0.717) is 17.4 Å². The SMILES string of the molecule is O=S(=O)(c1ccccc1)N1C[C@@H](O)[C@H](N2CCC(CN3CCOCC3)CC2)C1. The third kappa shape index (κ3) is 4.42. The molecule has 2 atom stereocenters. The minimum absolute atomic E-state index is 0.108. The molecule has 0 bridgehead atoms. The van der Waals surface area contributed by atoms with Crippen LogP contribution in [0.3, 0.4) is 0 Å². The van der Waals surface area contributed by atoms with Crippen molar-refractivity contribution in [3.05, 3.63) is 30.3 Å². The van der Waals surface area contributed by atoms with Gasteiger partial charge in [-0.25, -0.2) is 8.42 Å². The van der Waals surface area contributed by atoms with Gasteiger partial charge in [-0.05, 0) is 44.0 Å². The van der Waals surface area contributed by atoms with Crippen molar-refractivity contribution in [3.63, 3.8) is 0 Å². The Morgan fingerprint density at radius 2 is 1.68 bits per heavy atom. The summed E-state index contributed by atoms with van der Waals surface area (Å²) in [6.45, 7) is 7.23. The molecule has 0 amide bonds. The number of piperidine rings is 1. The minimum atomic E-state index is -3.54. The van der Waals surface area contributed by atoms with Crippen molar-refractivity contribution in [3.8, 4) is 0 Å². The molecule has 1 aromatic carbocycles. The van der Waals surface area contributed by atoms with E-state index >= 15 is 0 Å². The number of morpholine rings is 1. The maximum atomic E-state index is 12.9. The van der Waals surface area contributed by atoms with E-state index in [1.807, 2.05) is 6.07 Å². The first-order valence-corrected chi connectivity index (χ1v) is 11.8. The van der Waals surface area contributed by atoms with Crippen LogP contribution < -0.4 is 0 Å². The van der Waals surface area contributed by atoms with Gasteiger partial charge in [0.25, 0.3) is 0 Å². The summed E-state index contributed by atoms with van der Waals surface area (Å²) < 4.78 is 32.6. The summed E-state index contributed by atoms with van der Waals surface area (Å²) in [4.78, 5) is 5.08. The zero-order chi connectivity index (χ0) is 19.6. The van der Waals surface area contributed by atoms with Crippen molar-refractivity contribution in [2.45, 2.75) is 29.9 Å². The molecule has 3 saturated heterocycles. The molecule has 3 aliphatic heterocycles. The molecule has 8 heteroatoms. The Labute approximate surface area is 167 Å². The maximum Gasteiger partial charge on any atom is 0.243 e. The van der Waals surface area contributed by atoms with Gasteiger partial charge in [0.15, 0.2) is 0 Å². The predicted octanol–water partition coefficient (Wildman–Crippen LogP) is 0.465.